The maximum atomic E-state index is 12.4. The predicted octanol–water partition coefficient (Wildman–Crippen LogP) is 2.20. The van der Waals surface area contributed by atoms with Crippen molar-refractivity contribution >= 4 is 5.91 Å². The lowest BCUT2D eigenvalue weighted by atomic mass is 10.1. The summed E-state index contributed by atoms with van der Waals surface area (Å²) >= 11 is 0. The minimum absolute atomic E-state index is 0.0499. The highest BCUT2D eigenvalue weighted by Crippen LogP contribution is 2.16. The second-order valence-corrected chi connectivity index (χ2v) is 5.43. The quantitative estimate of drug-likeness (QED) is 0.671. The van der Waals surface area contributed by atoms with Crippen LogP contribution >= 0.6 is 0 Å². The van der Waals surface area contributed by atoms with Crippen molar-refractivity contribution in [2.24, 2.45) is 0 Å². The van der Waals surface area contributed by atoms with Gasteiger partial charge in [-0.15, -0.1) is 0 Å². The molecule has 6 heteroatoms. The number of amides is 1. The van der Waals surface area contributed by atoms with Crippen LogP contribution in [0.5, 0.6) is 0 Å². The van der Waals surface area contributed by atoms with Crippen LogP contribution in [0.25, 0.3) is 11.4 Å². The molecule has 0 saturated carbocycles. The van der Waals surface area contributed by atoms with Crippen LogP contribution in [0.3, 0.4) is 0 Å². The summed E-state index contributed by atoms with van der Waals surface area (Å²) in [7, 11) is 0. The van der Waals surface area contributed by atoms with Crippen LogP contribution in [-0.2, 0) is 13.2 Å². The van der Waals surface area contributed by atoms with E-state index in [-0.39, 0.29) is 12.5 Å². The monoisotopic (exact) mass is 322 g/mol. The first kappa shape index (κ1) is 15.9. The largest absolute Gasteiger partial charge is 0.392 e. The van der Waals surface area contributed by atoms with Gasteiger partial charge >= 0.3 is 0 Å². The Morgan fingerprint density at radius 2 is 1.96 bits per heavy atom. The number of carbonyl (C=O) groups is 1. The van der Waals surface area contributed by atoms with Crippen molar-refractivity contribution in [2.75, 3.05) is 0 Å². The molecule has 0 aliphatic heterocycles. The van der Waals surface area contributed by atoms with Crippen molar-refractivity contribution in [3.63, 3.8) is 0 Å². The molecule has 0 unspecified atom stereocenters. The Kier molecular flexibility index (Phi) is 4.67. The number of aromatic amines is 1. The molecule has 0 aliphatic rings. The van der Waals surface area contributed by atoms with Gasteiger partial charge in [-0.3, -0.25) is 9.89 Å². The van der Waals surface area contributed by atoms with E-state index in [9.17, 15) is 9.90 Å². The van der Waals surface area contributed by atoms with Crippen molar-refractivity contribution in [3.8, 4) is 11.4 Å². The summed E-state index contributed by atoms with van der Waals surface area (Å²) in [4.78, 5) is 16.7. The molecule has 0 radical (unpaired) electrons. The number of hydrogen-bond donors (Lipinski definition) is 3. The molecule has 1 aromatic heterocycles. The van der Waals surface area contributed by atoms with E-state index in [1.54, 1.807) is 18.2 Å². The molecule has 3 N–H and O–H groups in total. The molecule has 122 valence electrons. The number of hydrogen-bond acceptors (Lipinski definition) is 4. The minimum atomic E-state index is -0.183. The van der Waals surface area contributed by atoms with Gasteiger partial charge in [-0.1, -0.05) is 36.4 Å². The maximum Gasteiger partial charge on any atom is 0.251 e. The van der Waals surface area contributed by atoms with Gasteiger partial charge in [-0.2, -0.15) is 5.10 Å². The first-order valence-corrected chi connectivity index (χ1v) is 7.62. The van der Waals surface area contributed by atoms with Crippen LogP contribution in [0.4, 0.5) is 0 Å². The van der Waals surface area contributed by atoms with Gasteiger partial charge in [-0.25, -0.2) is 4.98 Å². The van der Waals surface area contributed by atoms with Gasteiger partial charge in [0.1, 0.15) is 5.82 Å². The second-order valence-electron chi connectivity index (χ2n) is 5.43. The Morgan fingerprint density at radius 1 is 1.17 bits per heavy atom. The molecule has 3 rings (SSSR count). The predicted molar refractivity (Wildman–Crippen MR) is 90.1 cm³/mol. The van der Waals surface area contributed by atoms with Gasteiger partial charge in [0.25, 0.3) is 5.91 Å². The first-order chi connectivity index (χ1) is 11.7. The number of aliphatic hydroxyl groups is 1. The molecule has 0 bridgehead atoms. The number of rotatable bonds is 5. The van der Waals surface area contributed by atoms with Crippen molar-refractivity contribution in [2.45, 2.75) is 20.1 Å². The third-order valence-electron chi connectivity index (χ3n) is 3.71. The molecular weight excluding hydrogens is 304 g/mol. The van der Waals surface area contributed by atoms with Crippen LogP contribution in [0, 0.1) is 6.92 Å². The lowest BCUT2D eigenvalue weighted by Crippen LogP contribution is -2.23. The van der Waals surface area contributed by atoms with Crippen molar-refractivity contribution in [1.29, 1.82) is 0 Å². The van der Waals surface area contributed by atoms with Crippen LogP contribution in [-0.4, -0.2) is 26.2 Å². The Labute approximate surface area is 139 Å². The van der Waals surface area contributed by atoms with Crippen LogP contribution in [0.1, 0.15) is 27.3 Å². The zero-order valence-corrected chi connectivity index (χ0v) is 13.3. The molecule has 1 heterocycles. The fourth-order valence-electron chi connectivity index (χ4n) is 2.43. The number of nitrogens with zero attached hydrogens (tertiary/aromatic N) is 2. The third kappa shape index (κ3) is 3.49. The van der Waals surface area contributed by atoms with E-state index in [0.717, 1.165) is 22.5 Å². The van der Waals surface area contributed by atoms with Crippen molar-refractivity contribution in [1.82, 2.24) is 20.5 Å². The Balaban J connectivity index is 1.73. The van der Waals surface area contributed by atoms with Crippen molar-refractivity contribution < 1.29 is 9.90 Å². The molecule has 24 heavy (non-hydrogen) atoms. The lowest BCUT2D eigenvalue weighted by Gasteiger charge is -2.09. The second kappa shape index (κ2) is 7.06. The van der Waals surface area contributed by atoms with E-state index < -0.39 is 0 Å². The molecule has 6 nitrogen and oxygen atoms in total. The number of carbonyl (C=O) groups excluding carboxylic acids is 1. The first-order valence-electron chi connectivity index (χ1n) is 7.62. The minimum Gasteiger partial charge on any atom is -0.392 e. The number of benzene rings is 2. The lowest BCUT2D eigenvalue weighted by molar-refractivity contribution is 0.0950. The molecule has 0 spiro atoms. The van der Waals surface area contributed by atoms with Gasteiger partial charge < -0.3 is 10.4 Å². The smallest absolute Gasteiger partial charge is 0.251 e. The Bertz CT molecular complexity index is 857. The van der Waals surface area contributed by atoms with E-state index in [1.165, 1.54) is 0 Å². The molecule has 2 aromatic carbocycles. The maximum absolute atomic E-state index is 12.4. The molecular formula is C18H18N4O2. The fraction of sp³-hybridized carbons (Fsp3) is 0.167. The van der Waals surface area contributed by atoms with Gasteiger partial charge in [-0.05, 0) is 30.2 Å². The van der Waals surface area contributed by atoms with Crippen LogP contribution in [0.2, 0.25) is 0 Å². The summed E-state index contributed by atoms with van der Waals surface area (Å²) in [5, 5.41) is 19.1. The van der Waals surface area contributed by atoms with Gasteiger partial charge in [0.15, 0.2) is 5.82 Å². The van der Waals surface area contributed by atoms with E-state index >= 15 is 0 Å². The summed E-state index contributed by atoms with van der Waals surface area (Å²) in [5.74, 6) is 1.10. The molecule has 0 fully saturated rings. The third-order valence-corrected chi connectivity index (χ3v) is 3.71. The van der Waals surface area contributed by atoms with Crippen molar-refractivity contribution in [3.05, 3.63) is 71.0 Å². The van der Waals surface area contributed by atoms with E-state index in [1.807, 2.05) is 37.3 Å². The fourth-order valence-corrected chi connectivity index (χ4v) is 2.43. The Hall–Kier alpha value is -2.99. The summed E-state index contributed by atoms with van der Waals surface area (Å²) < 4.78 is 0. The number of H-pyrrole nitrogens is 1. The SMILES string of the molecule is Cc1nc(-c2cccc(C(=O)NCc3ccccc3CO)c2)n[nH]1. The van der Waals surface area contributed by atoms with Gasteiger partial charge in [0, 0.05) is 17.7 Å². The summed E-state index contributed by atoms with van der Waals surface area (Å²) in [6, 6.07) is 14.6. The molecule has 0 saturated heterocycles. The standard InChI is InChI=1S/C18H18N4O2/c1-12-20-17(22-21-12)13-7-4-8-14(9-13)18(24)19-10-15-5-2-3-6-16(15)11-23/h2-9,23H,10-11H2,1H3,(H,19,24)(H,20,21,22). The van der Waals surface area contributed by atoms with Gasteiger partial charge in [0.2, 0.25) is 0 Å². The van der Waals surface area contributed by atoms with Crippen LogP contribution < -0.4 is 5.32 Å². The molecule has 0 atom stereocenters. The van der Waals surface area contributed by atoms with Crippen LogP contribution in [0.15, 0.2) is 48.5 Å². The zero-order chi connectivity index (χ0) is 16.9. The van der Waals surface area contributed by atoms with E-state index in [0.29, 0.717) is 17.9 Å². The van der Waals surface area contributed by atoms with Gasteiger partial charge in [0.05, 0.1) is 6.61 Å². The Morgan fingerprint density at radius 3 is 2.67 bits per heavy atom. The average Bonchev–Trinajstić information content (AvgIpc) is 3.06. The molecule has 3 aromatic rings. The highest BCUT2D eigenvalue weighted by atomic mass is 16.3. The molecule has 1 amide bonds. The summed E-state index contributed by atoms with van der Waals surface area (Å²) in [6.07, 6.45) is 0. The summed E-state index contributed by atoms with van der Waals surface area (Å²) in [5.41, 5.74) is 3.02. The van der Waals surface area contributed by atoms with E-state index in [4.69, 9.17) is 0 Å². The highest BCUT2D eigenvalue weighted by Gasteiger charge is 2.10. The average molecular weight is 322 g/mol. The van der Waals surface area contributed by atoms with E-state index in [2.05, 4.69) is 20.5 Å². The zero-order valence-electron chi connectivity index (χ0n) is 13.3. The highest BCUT2D eigenvalue weighted by molar-refractivity contribution is 5.95. The number of aliphatic hydroxyl groups excluding tert-OH is 1. The molecule has 0 aliphatic carbocycles. The topological polar surface area (TPSA) is 90.9 Å². The number of nitrogens with one attached hydrogen (secondary N) is 2. The number of aryl methyl sites for hydroxylation is 1. The summed E-state index contributed by atoms with van der Waals surface area (Å²) in [6.45, 7) is 2.14. The number of aromatic nitrogens is 3. The normalized spacial score (nSPS) is 10.6.